The average Bonchev–Trinajstić information content (AvgIpc) is 2.08. The van der Waals surface area contributed by atoms with E-state index in [9.17, 15) is 15.3 Å². The molecule has 0 amide bonds. The molecule has 1 radical (unpaired) electrons. The third kappa shape index (κ3) is 1.60. The highest BCUT2D eigenvalue weighted by atomic mass is 16.5. The molecular formula is C7H13O5. The Balaban J connectivity index is 2.63. The number of hydrogen-bond acceptors (Lipinski definition) is 5. The number of aliphatic hydroxyl groups excluding tert-OH is 4. The lowest BCUT2D eigenvalue weighted by atomic mass is 9.96. The van der Waals surface area contributed by atoms with Gasteiger partial charge in [0.15, 0.2) is 0 Å². The van der Waals surface area contributed by atoms with E-state index in [2.05, 4.69) is 0 Å². The Hall–Kier alpha value is -0.200. The van der Waals surface area contributed by atoms with Crippen molar-refractivity contribution in [3.63, 3.8) is 0 Å². The van der Waals surface area contributed by atoms with Gasteiger partial charge in [0.1, 0.15) is 30.5 Å². The summed E-state index contributed by atoms with van der Waals surface area (Å²) in [4.78, 5) is 0. The van der Waals surface area contributed by atoms with Gasteiger partial charge >= 0.3 is 0 Å². The molecule has 1 heterocycles. The van der Waals surface area contributed by atoms with Gasteiger partial charge < -0.3 is 25.2 Å². The molecule has 4 N–H and O–H groups in total. The molecule has 0 saturated carbocycles. The van der Waals surface area contributed by atoms with Gasteiger partial charge in [0, 0.05) is 0 Å². The minimum absolute atomic E-state index is 0.215. The van der Waals surface area contributed by atoms with E-state index in [0.29, 0.717) is 0 Å². The molecule has 1 fully saturated rings. The second-order valence-electron chi connectivity index (χ2n) is 2.88. The van der Waals surface area contributed by atoms with Crippen molar-refractivity contribution in [1.29, 1.82) is 0 Å². The van der Waals surface area contributed by atoms with Gasteiger partial charge in [-0.3, -0.25) is 0 Å². The van der Waals surface area contributed by atoms with Crippen molar-refractivity contribution < 1.29 is 25.2 Å². The molecule has 5 heteroatoms. The van der Waals surface area contributed by atoms with E-state index in [1.165, 1.54) is 6.92 Å². The molecule has 1 rings (SSSR count). The quantitative estimate of drug-likeness (QED) is 0.372. The van der Waals surface area contributed by atoms with E-state index in [1.54, 1.807) is 0 Å². The van der Waals surface area contributed by atoms with Crippen LogP contribution < -0.4 is 0 Å². The SMILES string of the molecule is C[C]1O[C@H](CO)[C@@H](O)[C@H](O)[C@H]1O. The van der Waals surface area contributed by atoms with Crippen LogP contribution in [-0.4, -0.2) is 51.4 Å². The first-order chi connectivity index (χ1) is 5.57. The average molecular weight is 177 g/mol. The first-order valence-corrected chi connectivity index (χ1v) is 3.73. The fraction of sp³-hybridized carbons (Fsp3) is 0.857. The van der Waals surface area contributed by atoms with Gasteiger partial charge in [-0.25, -0.2) is 0 Å². The van der Waals surface area contributed by atoms with Crippen molar-refractivity contribution in [3.8, 4) is 0 Å². The molecule has 0 spiro atoms. The third-order valence-electron chi connectivity index (χ3n) is 1.99. The van der Waals surface area contributed by atoms with Gasteiger partial charge in [-0.05, 0) is 6.92 Å². The van der Waals surface area contributed by atoms with Gasteiger partial charge in [-0.1, -0.05) is 0 Å². The van der Waals surface area contributed by atoms with Crippen molar-refractivity contribution in [3.05, 3.63) is 6.10 Å². The Bertz CT molecular complexity index is 146. The van der Waals surface area contributed by atoms with Crippen molar-refractivity contribution in [1.82, 2.24) is 0 Å². The van der Waals surface area contributed by atoms with Crippen LogP contribution in [0.15, 0.2) is 0 Å². The van der Waals surface area contributed by atoms with Crippen LogP contribution in [0.4, 0.5) is 0 Å². The van der Waals surface area contributed by atoms with Crippen molar-refractivity contribution >= 4 is 0 Å². The van der Waals surface area contributed by atoms with Crippen molar-refractivity contribution in [2.75, 3.05) is 6.61 Å². The summed E-state index contributed by atoms with van der Waals surface area (Å²) in [7, 11) is 0. The third-order valence-corrected chi connectivity index (χ3v) is 1.99. The summed E-state index contributed by atoms with van der Waals surface area (Å²) in [6.45, 7) is 1.10. The van der Waals surface area contributed by atoms with E-state index in [1.807, 2.05) is 0 Å². The Labute approximate surface area is 70.2 Å². The lowest BCUT2D eigenvalue weighted by Crippen LogP contribution is -2.54. The number of aliphatic hydroxyl groups is 4. The maximum Gasteiger partial charge on any atom is 0.126 e. The van der Waals surface area contributed by atoms with Crippen LogP contribution in [0.25, 0.3) is 0 Å². The van der Waals surface area contributed by atoms with Crippen LogP contribution in [0, 0.1) is 6.10 Å². The topological polar surface area (TPSA) is 90.2 Å². The van der Waals surface area contributed by atoms with Gasteiger partial charge in [0.25, 0.3) is 0 Å². The molecule has 0 bridgehead atoms. The van der Waals surface area contributed by atoms with E-state index >= 15 is 0 Å². The smallest absolute Gasteiger partial charge is 0.126 e. The zero-order valence-corrected chi connectivity index (χ0v) is 6.71. The summed E-state index contributed by atoms with van der Waals surface area (Å²) in [5.74, 6) is 0. The fourth-order valence-corrected chi connectivity index (χ4v) is 1.17. The van der Waals surface area contributed by atoms with Crippen LogP contribution >= 0.6 is 0 Å². The first kappa shape index (κ1) is 9.88. The van der Waals surface area contributed by atoms with Gasteiger partial charge in [0.2, 0.25) is 0 Å². The maximum atomic E-state index is 9.22. The van der Waals surface area contributed by atoms with Crippen LogP contribution in [0.2, 0.25) is 0 Å². The van der Waals surface area contributed by atoms with Gasteiger partial charge in [-0.2, -0.15) is 0 Å². The van der Waals surface area contributed by atoms with Gasteiger partial charge in [0.05, 0.1) is 6.61 Å². The van der Waals surface area contributed by atoms with Crippen LogP contribution in [0.5, 0.6) is 0 Å². The summed E-state index contributed by atoms with van der Waals surface area (Å²) >= 11 is 0. The first-order valence-electron chi connectivity index (χ1n) is 3.73. The maximum absolute atomic E-state index is 9.22. The molecular weight excluding hydrogens is 164 g/mol. The molecule has 0 aromatic rings. The summed E-state index contributed by atoms with van der Waals surface area (Å²) in [5.41, 5.74) is 0. The number of ether oxygens (including phenoxy) is 1. The predicted octanol–water partition coefficient (Wildman–Crippen LogP) is -1.99. The lowest BCUT2D eigenvalue weighted by molar-refractivity contribution is -0.188. The molecule has 4 atom stereocenters. The predicted molar refractivity (Wildman–Crippen MR) is 38.9 cm³/mol. The zero-order valence-electron chi connectivity index (χ0n) is 6.71. The zero-order chi connectivity index (χ0) is 9.30. The second-order valence-corrected chi connectivity index (χ2v) is 2.88. The summed E-state index contributed by atoms with van der Waals surface area (Å²) in [5, 5.41) is 36.3. The molecule has 1 aliphatic heterocycles. The molecule has 0 aromatic carbocycles. The molecule has 71 valence electrons. The standard InChI is InChI=1S/C7H13O5/c1-3-5(9)7(11)6(10)4(2-8)12-3/h4-11H,2H2,1H3/t4-,5+,6-,7-/m1/s1. The van der Waals surface area contributed by atoms with E-state index < -0.39 is 24.4 Å². The molecule has 0 unspecified atom stereocenters. The highest BCUT2D eigenvalue weighted by molar-refractivity contribution is 4.99. The van der Waals surface area contributed by atoms with E-state index in [4.69, 9.17) is 9.84 Å². The minimum Gasteiger partial charge on any atom is -0.394 e. The van der Waals surface area contributed by atoms with Crippen molar-refractivity contribution in [2.24, 2.45) is 0 Å². The minimum atomic E-state index is -1.28. The van der Waals surface area contributed by atoms with Crippen LogP contribution in [-0.2, 0) is 4.74 Å². The molecule has 5 nitrogen and oxygen atoms in total. The van der Waals surface area contributed by atoms with Crippen LogP contribution in [0.3, 0.4) is 0 Å². The lowest BCUT2D eigenvalue weighted by Gasteiger charge is -2.37. The summed E-state index contributed by atoms with van der Waals surface area (Å²) in [6, 6.07) is 0. The molecule has 1 aliphatic rings. The molecule has 0 aliphatic carbocycles. The van der Waals surface area contributed by atoms with Crippen LogP contribution in [0.1, 0.15) is 6.92 Å². The van der Waals surface area contributed by atoms with Gasteiger partial charge in [-0.15, -0.1) is 0 Å². The number of hydrogen-bond donors (Lipinski definition) is 4. The monoisotopic (exact) mass is 177 g/mol. The Kier molecular flexibility index (Phi) is 3.03. The normalized spacial score (nSPS) is 44.8. The highest BCUT2D eigenvalue weighted by Gasteiger charge is 2.41. The number of rotatable bonds is 1. The van der Waals surface area contributed by atoms with E-state index in [0.717, 1.165) is 0 Å². The fourth-order valence-electron chi connectivity index (χ4n) is 1.17. The van der Waals surface area contributed by atoms with E-state index in [-0.39, 0.29) is 12.7 Å². The molecule has 0 aromatic heterocycles. The molecule has 12 heavy (non-hydrogen) atoms. The Morgan fingerprint density at radius 2 is 1.83 bits per heavy atom. The Morgan fingerprint density at radius 3 is 2.33 bits per heavy atom. The Morgan fingerprint density at radius 1 is 1.25 bits per heavy atom. The largest absolute Gasteiger partial charge is 0.394 e. The summed E-state index contributed by atoms with van der Waals surface area (Å²) < 4.78 is 4.94. The highest BCUT2D eigenvalue weighted by Crippen LogP contribution is 2.24. The second kappa shape index (κ2) is 3.68. The molecule has 1 saturated heterocycles. The summed E-state index contributed by atoms with van der Waals surface area (Å²) in [6.07, 6.45) is -4.33. The van der Waals surface area contributed by atoms with Crippen molar-refractivity contribution in [2.45, 2.75) is 31.3 Å².